The Morgan fingerprint density at radius 3 is 3.00 bits per heavy atom. The number of nitrogens with one attached hydrogen (secondary N) is 2. The predicted octanol–water partition coefficient (Wildman–Crippen LogP) is 3.81. The van der Waals surface area contributed by atoms with Crippen molar-refractivity contribution in [3.8, 4) is 0 Å². The van der Waals surface area contributed by atoms with Crippen LogP contribution in [-0.2, 0) is 0 Å². The van der Waals surface area contributed by atoms with Crippen molar-refractivity contribution in [3.05, 3.63) is 60.5 Å². The number of aliphatic imine (C=N–C) groups is 1. The van der Waals surface area contributed by atoms with E-state index < -0.39 is 0 Å². The Morgan fingerprint density at radius 1 is 1.40 bits per heavy atom. The van der Waals surface area contributed by atoms with Crippen LogP contribution in [0.1, 0.15) is 36.5 Å². The summed E-state index contributed by atoms with van der Waals surface area (Å²) in [5.74, 6) is -0.153. The molecule has 1 aromatic heterocycles. The summed E-state index contributed by atoms with van der Waals surface area (Å²) in [6.45, 7) is 9.55. The van der Waals surface area contributed by atoms with E-state index in [-0.39, 0.29) is 11.9 Å². The first-order valence-electron chi connectivity index (χ1n) is 10.2. The fourth-order valence-electron chi connectivity index (χ4n) is 3.56. The van der Waals surface area contributed by atoms with Gasteiger partial charge in [0.2, 0.25) is 0 Å². The van der Waals surface area contributed by atoms with Gasteiger partial charge in [0.05, 0.1) is 17.0 Å². The third-order valence-corrected chi connectivity index (χ3v) is 4.97. The van der Waals surface area contributed by atoms with Crippen LogP contribution in [0.5, 0.6) is 0 Å². The number of benzene rings is 1. The van der Waals surface area contributed by atoms with Crippen LogP contribution >= 0.6 is 0 Å². The number of para-hydroxylation sites is 1. The first kappa shape index (κ1) is 21.4. The highest BCUT2D eigenvalue weighted by molar-refractivity contribution is 6.05. The summed E-state index contributed by atoms with van der Waals surface area (Å²) >= 11 is 0. The van der Waals surface area contributed by atoms with Crippen LogP contribution in [0.25, 0.3) is 11.1 Å². The van der Waals surface area contributed by atoms with Gasteiger partial charge in [-0.15, -0.1) is 13.2 Å². The maximum absolute atomic E-state index is 12.8. The minimum Gasteiger partial charge on any atom is -0.423 e. The van der Waals surface area contributed by atoms with Gasteiger partial charge in [0, 0.05) is 38.8 Å². The van der Waals surface area contributed by atoms with Crippen molar-refractivity contribution in [2.75, 3.05) is 25.0 Å². The molecule has 1 fully saturated rings. The molecule has 2 N–H and O–H groups in total. The number of hydrogen-bond acceptors (Lipinski definition) is 6. The SMILES string of the molecule is C=C.CN=CCC(C)NC(=O)c1cccc2oc(N3CCNC4=CCCC=C43)nc12. The molecule has 158 valence electrons. The van der Waals surface area contributed by atoms with Gasteiger partial charge in [-0.25, -0.2) is 0 Å². The zero-order chi connectivity index (χ0) is 21.5. The number of carbonyl (C=O) groups excluding carboxylic acids is 1. The summed E-state index contributed by atoms with van der Waals surface area (Å²) in [5.41, 5.74) is 3.96. The molecule has 0 spiro atoms. The first-order chi connectivity index (χ1) is 14.7. The minimum atomic E-state index is -0.153. The van der Waals surface area contributed by atoms with Gasteiger partial charge in [0.15, 0.2) is 5.58 Å². The van der Waals surface area contributed by atoms with Gasteiger partial charge in [-0.1, -0.05) is 18.2 Å². The molecular weight excluding hydrogens is 378 g/mol. The minimum absolute atomic E-state index is 0.00825. The standard InChI is InChI=1S/C21H25N5O2.C2H4/c1-14(10-11-22-2)24-20(27)15-6-5-9-18-19(15)25-21(28-18)26-13-12-23-16-7-3-4-8-17(16)26;1-2/h5-9,11,14,23H,3-4,10,12-13H2,1-2H3,(H,24,27);1-2H2. The van der Waals surface area contributed by atoms with Crippen molar-refractivity contribution < 1.29 is 9.21 Å². The number of oxazole rings is 1. The van der Waals surface area contributed by atoms with Crippen molar-refractivity contribution in [2.45, 2.75) is 32.2 Å². The third kappa shape index (κ3) is 4.45. The lowest BCUT2D eigenvalue weighted by molar-refractivity contribution is 0.0943. The summed E-state index contributed by atoms with van der Waals surface area (Å²) in [6, 6.07) is 5.98. The van der Waals surface area contributed by atoms with Crippen LogP contribution in [0.4, 0.5) is 6.01 Å². The van der Waals surface area contributed by atoms with E-state index in [1.807, 2.05) is 19.1 Å². The van der Waals surface area contributed by atoms with Gasteiger partial charge in [0.25, 0.3) is 5.91 Å². The average Bonchev–Trinajstić information content (AvgIpc) is 3.22. The normalized spacial score (nSPS) is 16.7. The molecule has 2 heterocycles. The molecule has 7 nitrogen and oxygen atoms in total. The number of aromatic nitrogens is 1. The maximum Gasteiger partial charge on any atom is 0.303 e. The number of nitrogens with zero attached hydrogens (tertiary/aromatic N) is 3. The highest BCUT2D eigenvalue weighted by atomic mass is 16.4. The number of piperazine rings is 1. The second-order valence-corrected chi connectivity index (χ2v) is 7.06. The molecule has 1 amide bonds. The largest absolute Gasteiger partial charge is 0.423 e. The van der Waals surface area contributed by atoms with Crippen molar-refractivity contribution in [1.82, 2.24) is 15.6 Å². The van der Waals surface area contributed by atoms with Crippen molar-refractivity contribution >= 4 is 29.2 Å². The Bertz CT molecular complexity index is 989. The van der Waals surface area contributed by atoms with Gasteiger partial charge < -0.3 is 20.0 Å². The van der Waals surface area contributed by atoms with Crippen LogP contribution in [0.2, 0.25) is 0 Å². The molecule has 30 heavy (non-hydrogen) atoms. The van der Waals surface area contributed by atoms with Gasteiger partial charge in [-0.2, -0.15) is 4.98 Å². The second-order valence-electron chi connectivity index (χ2n) is 7.06. The van der Waals surface area contributed by atoms with E-state index in [0.717, 1.165) is 37.3 Å². The molecule has 2 aromatic rings. The lowest BCUT2D eigenvalue weighted by atomic mass is 10.1. The van der Waals surface area contributed by atoms with E-state index in [1.54, 1.807) is 19.3 Å². The number of carbonyl (C=O) groups is 1. The quantitative estimate of drug-likeness (QED) is 0.582. The Kier molecular flexibility index (Phi) is 7.06. The monoisotopic (exact) mass is 407 g/mol. The van der Waals surface area contributed by atoms with Gasteiger partial charge in [-0.3, -0.25) is 9.69 Å². The van der Waals surface area contributed by atoms with E-state index in [4.69, 9.17) is 9.40 Å². The second kappa shape index (κ2) is 9.91. The number of amides is 1. The average molecular weight is 408 g/mol. The van der Waals surface area contributed by atoms with E-state index in [2.05, 4.69) is 45.8 Å². The Labute approximate surface area is 177 Å². The van der Waals surface area contributed by atoms with Crippen LogP contribution in [0.3, 0.4) is 0 Å². The molecule has 1 aliphatic carbocycles. The summed E-state index contributed by atoms with van der Waals surface area (Å²) in [6.07, 6.45) is 8.95. The zero-order valence-corrected chi connectivity index (χ0v) is 17.6. The van der Waals surface area contributed by atoms with Crippen molar-refractivity contribution in [2.24, 2.45) is 4.99 Å². The number of anilines is 1. The van der Waals surface area contributed by atoms with Crippen LogP contribution in [-0.4, -0.2) is 43.3 Å². The number of fused-ring (bicyclic) bond motifs is 2. The molecule has 1 atom stereocenters. The Balaban J connectivity index is 0.00000124. The van der Waals surface area contributed by atoms with Crippen molar-refractivity contribution in [1.29, 1.82) is 0 Å². The summed E-state index contributed by atoms with van der Waals surface area (Å²) < 4.78 is 6.04. The van der Waals surface area contributed by atoms with Gasteiger partial charge in [0.1, 0.15) is 5.52 Å². The highest BCUT2D eigenvalue weighted by Crippen LogP contribution is 2.31. The summed E-state index contributed by atoms with van der Waals surface area (Å²) in [5, 5.41) is 6.43. The van der Waals surface area contributed by atoms with Gasteiger partial charge in [-0.05, 0) is 31.9 Å². The lowest BCUT2D eigenvalue weighted by Crippen LogP contribution is -2.41. The van der Waals surface area contributed by atoms with Crippen LogP contribution in [0, 0.1) is 0 Å². The molecule has 1 unspecified atom stereocenters. The molecule has 7 heteroatoms. The first-order valence-corrected chi connectivity index (χ1v) is 10.2. The lowest BCUT2D eigenvalue weighted by Gasteiger charge is -2.33. The number of hydrogen-bond donors (Lipinski definition) is 2. The summed E-state index contributed by atoms with van der Waals surface area (Å²) in [7, 11) is 1.73. The molecule has 1 saturated heterocycles. The number of allylic oxidation sites excluding steroid dienone is 2. The smallest absolute Gasteiger partial charge is 0.303 e. The molecule has 0 bridgehead atoms. The van der Waals surface area contributed by atoms with Crippen LogP contribution < -0.4 is 15.5 Å². The molecule has 1 aliphatic heterocycles. The highest BCUT2D eigenvalue weighted by Gasteiger charge is 2.26. The molecule has 1 aromatic carbocycles. The summed E-state index contributed by atoms with van der Waals surface area (Å²) in [4.78, 5) is 23.5. The van der Waals surface area contributed by atoms with E-state index in [9.17, 15) is 4.79 Å². The zero-order valence-electron chi connectivity index (χ0n) is 17.6. The Morgan fingerprint density at radius 2 is 2.20 bits per heavy atom. The van der Waals surface area contributed by atoms with Crippen molar-refractivity contribution in [3.63, 3.8) is 0 Å². The maximum atomic E-state index is 12.8. The molecular formula is C23H29N5O2. The molecule has 0 radical (unpaired) electrons. The fraction of sp³-hybridized carbons (Fsp3) is 0.348. The van der Waals surface area contributed by atoms with E-state index in [1.165, 1.54) is 0 Å². The van der Waals surface area contributed by atoms with Crippen LogP contribution in [0.15, 0.2) is 64.3 Å². The Hall–Kier alpha value is -3.35. The molecule has 0 saturated carbocycles. The predicted molar refractivity (Wildman–Crippen MR) is 122 cm³/mol. The number of rotatable bonds is 5. The van der Waals surface area contributed by atoms with E-state index in [0.29, 0.717) is 29.1 Å². The third-order valence-electron chi connectivity index (χ3n) is 4.97. The molecule has 2 aliphatic rings. The van der Waals surface area contributed by atoms with E-state index >= 15 is 0 Å². The molecule has 4 rings (SSSR count). The van der Waals surface area contributed by atoms with Gasteiger partial charge >= 0.3 is 6.01 Å². The topological polar surface area (TPSA) is 82.8 Å². The fourth-order valence-corrected chi connectivity index (χ4v) is 3.56.